The van der Waals surface area contributed by atoms with Gasteiger partial charge < -0.3 is 5.11 Å². The fraction of sp³-hybridized carbons (Fsp3) is 0.0625. The van der Waals surface area contributed by atoms with E-state index in [2.05, 4.69) is 67.7 Å². The number of carbonyl (C=O) groups is 1. The number of carboxylic acid groups (broad SMARTS) is 1. The van der Waals surface area contributed by atoms with Crippen LogP contribution in [0, 0.1) is 0 Å². The van der Waals surface area contributed by atoms with Gasteiger partial charge in [-0.05, 0) is 28.7 Å². The van der Waals surface area contributed by atoms with Crippen LogP contribution < -0.4 is 0 Å². The fourth-order valence-electron chi connectivity index (χ4n) is 2.08. The Morgan fingerprint density at radius 1 is 1.00 bits per heavy atom. The summed E-state index contributed by atoms with van der Waals surface area (Å²) >= 11 is 3.40. The lowest BCUT2D eigenvalue weighted by Gasteiger charge is -1.98. The molecule has 0 bridgehead atoms. The summed E-state index contributed by atoms with van der Waals surface area (Å²) in [5.41, 5.74) is 5.75. The highest BCUT2D eigenvalue weighted by Crippen LogP contribution is 2.35. The van der Waals surface area contributed by atoms with E-state index in [4.69, 9.17) is 5.11 Å². The second-order valence-electron chi connectivity index (χ2n) is 4.24. The van der Waals surface area contributed by atoms with Gasteiger partial charge in [-0.25, -0.2) is 4.79 Å². The van der Waals surface area contributed by atoms with Gasteiger partial charge in [0.15, 0.2) is 0 Å². The van der Waals surface area contributed by atoms with Gasteiger partial charge in [0, 0.05) is 0 Å². The van der Waals surface area contributed by atoms with E-state index in [0.717, 1.165) is 6.42 Å². The molecule has 0 saturated carbocycles. The summed E-state index contributed by atoms with van der Waals surface area (Å²) in [4.78, 5) is 9.39. The van der Waals surface area contributed by atoms with Gasteiger partial charge in [-0.3, -0.25) is 0 Å². The number of hydrogen-bond donors (Lipinski definition) is 2. The Balaban J connectivity index is 0.000000192. The second-order valence-corrected chi connectivity index (χ2v) is 4.78. The molecule has 0 atom stereocenters. The lowest BCUT2D eigenvalue weighted by Crippen LogP contribution is -1.89. The van der Waals surface area contributed by atoms with Crippen LogP contribution in [0.1, 0.15) is 11.1 Å². The molecule has 0 heterocycles. The molecule has 2 nitrogen and oxygen atoms in total. The summed E-state index contributed by atoms with van der Waals surface area (Å²) in [5.74, 6) is -1.07. The lowest BCUT2D eigenvalue weighted by atomic mass is 10.1. The minimum atomic E-state index is -1.07. The molecule has 0 radical (unpaired) electrons. The zero-order valence-corrected chi connectivity index (χ0v) is 11.2. The third-order valence-electron chi connectivity index (χ3n) is 2.95. The Morgan fingerprint density at radius 2 is 1.37 bits per heavy atom. The molecular weight excluding hydrogens is 256 g/mol. The fourth-order valence-corrected chi connectivity index (χ4v) is 2.08. The zero-order chi connectivity index (χ0) is 13.8. The van der Waals surface area contributed by atoms with Crippen LogP contribution in [0.25, 0.3) is 11.1 Å². The van der Waals surface area contributed by atoms with Gasteiger partial charge in [-0.2, -0.15) is 0 Å². The number of hydrogen-bond acceptors (Lipinski definition) is 2. The highest BCUT2D eigenvalue weighted by atomic mass is 32.1. The van der Waals surface area contributed by atoms with Crippen molar-refractivity contribution in [3.05, 3.63) is 71.1 Å². The van der Waals surface area contributed by atoms with Gasteiger partial charge in [0.2, 0.25) is 0 Å². The van der Waals surface area contributed by atoms with Crippen LogP contribution in [-0.4, -0.2) is 11.1 Å². The topological polar surface area (TPSA) is 37.3 Å². The number of thiol groups is 1. The van der Waals surface area contributed by atoms with Gasteiger partial charge in [0.05, 0.1) is 4.91 Å². The van der Waals surface area contributed by atoms with Crippen molar-refractivity contribution < 1.29 is 9.90 Å². The smallest absolute Gasteiger partial charge is 0.341 e. The van der Waals surface area contributed by atoms with Crippen molar-refractivity contribution in [2.75, 3.05) is 0 Å². The van der Waals surface area contributed by atoms with Gasteiger partial charge in [0.25, 0.3) is 0 Å². The summed E-state index contributed by atoms with van der Waals surface area (Å²) in [5, 5.41) is 7.81. The predicted octanol–water partition coefficient (Wildman–Crippen LogP) is 3.77. The maximum atomic E-state index is 9.52. The van der Waals surface area contributed by atoms with Crippen molar-refractivity contribution in [3.8, 4) is 11.1 Å². The molecule has 0 aliphatic heterocycles. The highest BCUT2D eigenvalue weighted by molar-refractivity contribution is 7.85. The molecule has 1 aliphatic rings. The maximum Gasteiger partial charge on any atom is 0.341 e. The monoisotopic (exact) mass is 270 g/mol. The van der Waals surface area contributed by atoms with Crippen LogP contribution in [0.3, 0.4) is 0 Å². The van der Waals surface area contributed by atoms with Crippen molar-refractivity contribution in [2.24, 2.45) is 0 Å². The molecule has 96 valence electrons. The van der Waals surface area contributed by atoms with Crippen LogP contribution in [0.15, 0.2) is 60.0 Å². The molecule has 0 aromatic heterocycles. The van der Waals surface area contributed by atoms with E-state index in [1.165, 1.54) is 22.3 Å². The first-order chi connectivity index (χ1) is 9.09. The van der Waals surface area contributed by atoms with Crippen molar-refractivity contribution in [1.82, 2.24) is 0 Å². The summed E-state index contributed by atoms with van der Waals surface area (Å²) in [7, 11) is 0. The summed E-state index contributed by atoms with van der Waals surface area (Å²) in [6, 6.07) is 17.3. The molecule has 19 heavy (non-hydrogen) atoms. The average Bonchev–Trinajstić information content (AvgIpc) is 2.78. The summed E-state index contributed by atoms with van der Waals surface area (Å²) < 4.78 is 0. The Labute approximate surface area is 117 Å². The number of aliphatic carboxylic acids is 1. The van der Waals surface area contributed by atoms with Crippen molar-refractivity contribution in [1.29, 1.82) is 0 Å². The predicted molar refractivity (Wildman–Crippen MR) is 80.4 cm³/mol. The van der Waals surface area contributed by atoms with Gasteiger partial charge in [-0.1, -0.05) is 55.1 Å². The molecule has 3 heteroatoms. The highest BCUT2D eigenvalue weighted by Gasteiger charge is 2.15. The Morgan fingerprint density at radius 3 is 1.74 bits per heavy atom. The van der Waals surface area contributed by atoms with Crippen LogP contribution in [0.2, 0.25) is 0 Å². The minimum absolute atomic E-state index is 0.130. The van der Waals surface area contributed by atoms with E-state index in [1.54, 1.807) is 0 Å². The van der Waals surface area contributed by atoms with E-state index < -0.39 is 5.97 Å². The van der Waals surface area contributed by atoms with E-state index in [0.29, 0.717) is 0 Å². The normalized spacial score (nSPS) is 10.8. The van der Waals surface area contributed by atoms with Crippen LogP contribution in [0.4, 0.5) is 0 Å². The summed E-state index contributed by atoms with van der Waals surface area (Å²) in [6.45, 7) is 3.02. The quantitative estimate of drug-likeness (QED) is 0.521. The Bertz CT molecular complexity index is 577. The van der Waals surface area contributed by atoms with Gasteiger partial charge in [-0.15, -0.1) is 12.6 Å². The minimum Gasteiger partial charge on any atom is -0.477 e. The molecule has 0 fully saturated rings. The Hall–Kier alpha value is -2.00. The third-order valence-corrected chi connectivity index (χ3v) is 3.14. The van der Waals surface area contributed by atoms with Gasteiger partial charge >= 0.3 is 5.97 Å². The molecule has 1 N–H and O–H groups in total. The van der Waals surface area contributed by atoms with Gasteiger partial charge in [0.1, 0.15) is 0 Å². The van der Waals surface area contributed by atoms with E-state index in [9.17, 15) is 4.79 Å². The molecule has 0 unspecified atom stereocenters. The van der Waals surface area contributed by atoms with E-state index >= 15 is 0 Å². The first-order valence-corrected chi connectivity index (χ1v) is 6.31. The molecular formula is C16H14O2S. The molecule has 0 amide bonds. The lowest BCUT2D eigenvalue weighted by molar-refractivity contribution is -0.131. The largest absolute Gasteiger partial charge is 0.477 e. The number of carboxylic acids is 1. The molecule has 2 aromatic carbocycles. The van der Waals surface area contributed by atoms with Crippen LogP contribution in [-0.2, 0) is 11.2 Å². The molecule has 3 rings (SSSR count). The van der Waals surface area contributed by atoms with Crippen molar-refractivity contribution in [3.63, 3.8) is 0 Å². The maximum absolute atomic E-state index is 9.52. The average molecular weight is 270 g/mol. The molecule has 1 aliphatic carbocycles. The van der Waals surface area contributed by atoms with Crippen LogP contribution >= 0.6 is 12.6 Å². The first-order valence-electron chi connectivity index (χ1n) is 5.87. The number of benzene rings is 2. The number of rotatable bonds is 1. The number of fused-ring (bicyclic) bond motifs is 3. The van der Waals surface area contributed by atoms with E-state index in [-0.39, 0.29) is 4.91 Å². The zero-order valence-electron chi connectivity index (χ0n) is 10.3. The first kappa shape index (κ1) is 13.4. The standard InChI is InChI=1S/C13H10.C3H4O2S/c1-3-7-12-10(5-1)9-11-6-2-4-8-13(11)12;1-2(6)3(4)5/h1-8H,9H2;6H,1H2,(H,4,5). The molecule has 0 spiro atoms. The van der Waals surface area contributed by atoms with Crippen LogP contribution in [0.5, 0.6) is 0 Å². The van der Waals surface area contributed by atoms with Crippen molar-refractivity contribution >= 4 is 18.6 Å². The second kappa shape index (κ2) is 5.76. The summed E-state index contributed by atoms with van der Waals surface area (Å²) in [6.07, 6.45) is 1.10. The Kier molecular flexibility index (Phi) is 4.07. The van der Waals surface area contributed by atoms with Crippen molar-refractivity contribution in [2.45, 2.75) is 6.42 Å². The molecule has 0 saturated heterocycles. The van der Waals surface area contributed by atoms with E-state index in [1.807, 2.05) is 0 Å². The molecule has 2 aromatic rings. The third kappa shape index (κ3) is 3.06. The SMILES string of the molecule is C=C(S)C(=O)O.c1ccc2c(c1)Cc1ccccc1-2.